The Kier molecular flexibility index (Phi) is 17.8. The number of nitrogens with one attached hydrogen (secondary N) is 1. The highest BCUT2D eigenvalue weighted by atomic mass is 32.2. The van der Waals surface area contributed by atoms with Crippen LogP contribution in [0, 0.1) is 0 Å². The smallest absolute Gasteiger partial charge is 0.267 e. The van der Waals surface area contributed by atoms with Gasteiger partial charge in [-0.1, -0.05) is 89.5 Å². The third-order valence-corrected chi connectivity index (χ3v) is 5.66. The molecule has 2 unspecified atom stereocenters. The van der Waals surface area contributed by atoms with Gasteiger partial charge in [0.05, 0.1) is 17.9 Å². The van der Waals surface area contributed by atoms with E-state index < -0.39 is 28.0 Å². The van der Waals surface area contributed by atoms with Gasteiger partial charge in [0.2, 0.25) is 5.91 Å². The standard InChI is InChI=1S/C23H43NO5S/c1-3-5-7-9-11-13-14-16-18-22(25)21(20-30(27,28)29)24-23(26)19-17-15-12-10-8-6-4-2/h9,11,16,18,21-22,25H,3-8,10,12-15,17,19-20H2,1-2H3,(H,24,26)(H,27,28,29)/b11-9+,18-16+. The maximum absolute atomic E-state index is 12.1. The van der Waals surface area contributed by atoms with E-state index in [9.17, 15) is 18.3 Å². The summed E-state index contributed by atoms with van der Waals surface area (Å²) in [7, 11) is -4.32. The lowest BCUT2D eigenvalue weighted by Gasteiger charge is -2.21. The molecule has 0 bridgehead atoms. The fourth-order valence-corrected chi connectivity index (χ4v) is 3.83. The molecule has 3 N–H and O–H groups in total. The van der Waals surface area contributed by atoms with E-state index in [-0.39, 0.29) is 12.3 Å². The molecular formula is C23H43NO5S. The van der Waals surface area contributed by atoms with E-state index in [1.165, 1.54) is 31.8 Å². The summed E-state index contributed by atoms with van der Waals surface area (Å²) >= 11 is 0. The molecule has 176 valence electrons. The van der Waals surface area contributed by atoms with Crippen molar-refractivity contribution in [3.05, 3.63) is 24.3 Å². The van der Waals surface area contributed by atoms with Gasteiger partial charge in [-0.05, 0) is 25.7 Å². The molecule has 1 amide bonds. The van der Waals surface area contributed by atoms with E-state index in [2.05, 4.69) is 31.3 Å². The van der Waals surface area contributed by atoms with Gasteiger partial charge in [-0.25, -0.2) is 0 Å². The van der Waals surface area contributed by atoms with Crippen molar-refractivity contribution in [3.8, 4) is 0 Å². The number of carbonyl (C=O) groups is 1. The second-order valence-electron chi connectivity index (χ2n) is 7.90. The minimum atomic E-state index is -4.32. The molecule has 0 heterocycles. The minimum Gasteiger partial charge on any atom is -0.387 e. The molecule has 0 saturated heterocycles. The van der Waals surface area contributed by atoms with Gasteiger partial charge in [-0.3, -0.25) is 9.35 Å². The van der Waals surface area contributed by atoms with Crippen LogP contribution in [-0.4, -0.2) is 41.9 Å². The summed E-state index contributed by atoms with van der Waals surface area (Å²) in [6, 6.07) is -1.06. The highest BCUT2D eigenvalue weighted by molar-refractivity contribution is 7.85. The summed E-state index contributed by atoms with van der Waals surface area (Å²) in [6.07, 6.45) is 19.1. The van der Waals surface area contributed by atoms with Crippen LogP contribution < -0.4 is 5.32 Å². The van der Waals surface area contributed by atoms with Crippen molar-refractivity contribution in [1.29, 1.82) is 0 Å². The lowest BCUT2D eigenvalue weighted by atomic mass is 10.1. The Labute approximate surface area is 184 Å². The molecular weight excluding hydrogens is 402 g/mol. The second kappa shape index (κ2) is 18.6. The summed E-state index contributed by atoms with van der Waals surface area (Å²) in [6.45, 7) is 4.32. The predicted octanol–water partition coefficient (Wildman–Crippen LogP) is 4.94. The molecule has 0 rings (SSSR count). The van der Waals surface area contributed by atoms with E-state index in [1.807, 2.05) is 0 Å². The molecule has 6 nitrogen and oxygen atoms in total. The molecule has 0 aliphatic rings. The Bertz CT molecular complexity index is 586. The monoisotopic (exact) mass is 445 g/mol. The zero-order valence-corrected chi connectivity index (χ0v) is 19.7. The molecule has 2 atom stereocenters. The first-order valence-corrected chi connectivity index (χ1v) is 13.1. The molecule has 0 aliphatic carbocycles. The molecule has 0 saturated carbocycles. The zero-order chi connectivity index (χ0) is 22.7. The summed E-state index contributed by atoms with van der Waals surface area (Å²) < 4.78 is 31.7. The Hall–Kier alpha value is -1.18. The van der Waals surface area contributed by atoms with Gasteiger partial charge >= 0.3 is 0 Å². The number of hydrogen-bond acceptors (Lipinski definition) is 4. The second-order valence-corrected chi connectivity index (χ2v) is 9.40. The topological polar surface area (TPSA) is 104 Å². The van der Waals surface area contributed by atoms with Gasteiger partial charge in [-0.2, -0.15) is 8.42 Å². The lowest BCUT2D eigenvalue weighted by molar-refractivity contribution is -0.122. The molecule has 0 aliphatic heterocycles. The molecule has 0 aromatic heterocycles. The fourth-order valence-electron chi connectivity index (χ4n) is 3.09. The van der Waals surface area contributed by atoms with Crippen LogP contribution in [0.2, 0.25) is 0 Å². The number of amides is 1. The van der Waals surface area contributed by atoms with E-state index in [4.69, 9.17) is 4.55 Å². The van der Waals surface area contributed by atoms with Crippen molar-refractivity contribution in [2.45, 2.75) is 109 Å². The van der Waals surface area contributed by atoms with Crippen molar-refractivity contribution in [2.75, 3.05) is 5.75 Å². The molecule has 0 fully saturated rings. The van der Waals surface area contributed by atoms with Crippen LogP contribution in [0.5, 0.6) is 0 Å². The van der Waals surface area contributed by atoms with Crippen LogP contribution in [0.4, 0.5) is 0 Å². The molecule has 0 aromatic rings. The first-order valence-electron chi connectivity index (χ1n) is 11.5. The number of unbranched alkanes of at least 4 members (excludes halogenated alkanes) is 9. The Morgan fingerprint density at radius 1 is 0.867 bits per heavy atom. The van der Waals surface area contributed by atoms with E-state index in [1.54, 1.807) is 6.08 Å². The molecule has 0 spiro atoms. The largest absolute Gasteiger partial charge is 0.387 e. The van der Waals surface area contributed by atoms with Crippen molar-refractivity contribution < 1.29 is 22.9 Å². The van der Waals surface area contributed by atoms with Gasteiger partial charge in [0.25, 0.3) is 10.1 Å². The van der Waals surface area contributed by atoms with Crippen LogP contribution in [0.25, 0.3) is 0 Å². The third kappa shape index (κ3) is 18.8. The summed E-state index contributed by atoms with van der Waals surface area (Å²) in [4.78, 5) is 12.1. The first kappa shape index (κ1) is 28.8. The highest BCUT2D eigenvalue weighted by Gasteiger charge is 2.24. The summed E-state index contributed by atoms with van der Waals surface area (Å²) in [5.41, 5.74) is 0. The van der Waals surface area contributed by atoms with Gasteiger partial charge in [-0.15, -0.1) is 0 Å². The number of rotatable bonds is 19. The van der Waals surface area contributed by atoms with E-state index >= 15 is 0 Å². The quantitative estimate of drug-likeness (QED) is 0.148. The number of aliphatic hydroxyl groups excluding tert-OH is 1. The Morgan fingerprint density at radius 3 is 2.07 bits per heavy atom. The van der Waals surface area contributed by atoms with Crippen molar-refractivity contribution in [3.63, 3.8) is 0 Å². The van der Waals surface area contributed by atoms with Gasteiger partial charge < -0.3 is 10.4 Å². The molecule has 30 heavy (non-hydrogen) atoms. The van der Waals surface area contributed by atoms with Gasteiger partial charge in [0, 0.05) is 6.42 Å². The first-order chi connectivity index (χ1) is 14.3. The normalized spacial score (nSPS) is 14.4. The van der Waals surface area contributed by atoms with Crippen LogP contribution in [0.15, 0.2) is 24.3 Å². The van der Waals surface area contributed by atoms with Crippen LogP contribution in [-0.2, 0) is 14.9 Å². The molecule has 7 heteroatoms. The van der Waals surface area contributed by atoms with Crippen LogP contribution >= 0.6 is 0 Å². The summed E-state index contributed by atoms with van der Waals surface area (Å²) in [5.74, 6) is -1.01. The molecule has 0 aromatic carbocycles. The Morgan fingerprint density at radius 2 is 1.43 bits per heavy atom. The van der Waals surface area contributed by atoms with Gasteiger partial charge in [0.15, 0.2) is 0 Å². The van der Waals surface area contributed by atoms with Gasteiger partial charge in [0.1, 0.15) is 0 Å². The zero-order valence-electron chi connectivity index (χ0n) is 18.9. The third-order valence-electron chi connectivity index (χ3n) is 4.88. The van der Waals surface area contributed by atoms with Crippen LogP contribution in [0.3, 0.4) is 0 Å². The maximum atomic E-state index is 12.1. The fraction of sp³-hybridized carbons (Fsp3) is 0.783. The lowest BCUT2D eigenvalue weighted by Crippen LogP contribution is -2.46. The number of allylic oxidation sites excluding steroid dienone is 3. The predicted molar refractivity (Wildman–Crippen MR) is 124 cm³/mol. The SMILES string of the molecule is CCCC/C=C/CC/C=C/C(O)C(CS(=O)(=O)O)NC(=O)CCCCCCCCC. The van der Waals surface area contributed by atoms with Crippen molar-refractivity contribution in [1.82, 2.24) is 5.32 Å². The highest BCUT2D eigenvalue weighted by Crippen LogP contribution is 2.09. The number of hydrogen-bond donors (Lipinski definition) is 3. The average Bonchev–Trinajstić information content (AvgIpc) is 2.67. The van der Waals surface area contributed by atoms with E-state index in [0.717, 1.165) is 44.9 Å². The maximum Gasteiger partial charge on any atom is 0.267 e. The average molecular weight is 446 g/mol. The Balaban J connectivity index is 4.38. The molecule has 0 radical (unpaired) electrons. The summed E-state index contributed by atoms with van der Waals surface area (Å²) in [5, 5.41) is 12.9. The minimum absolute atomic E-state index is 0.286. The number of carbonyl (C=O) groups excluding carboxylic acids is 1. The van der Waals surface area contributed by atoms with Crippen LogP contribution in [0.1, 0.15) is 97.3 Å². The van der Waals surface area contributed by atoms with Crippen molar-refractivity contribution >= 4 is 16.0 Å². The van der Waals surface area contributed by atoms with Crippen molar-refractivity contribution in [2.24, 2.45) is 0 Å². The van der Waals surface area contributed by atoms with E-state index in [0.29, 0.717) is 6.42 Å². The number of aliphatic hydroxyl groups is 1.